The van der Waals surface area contributed by atoms with Crippen LogP contribution in [0.25, 0.3) is 0 Å². The number of nitrogens with zero attached hydrogens (tertiary/aromatic N) is 5. The van der Waals surface area contributed by atoms with Gasteiger partial charge in [0.1, 0.15) is 11.6 Å². The third-order valence-corrected chi connectivity index (χ3v) is 4.05. The SMILES string of the molecule is Cc1cc(CN2CCC[C@@H](Cn3nc(C)nc3C)C2)on1. The van der Waals surface area contributed by atoms with Gasteiger partial charge in [-0.15, -0.1) is 0 Å². The van der Waals surface area contributed by atoms with Gasteiger partial charge in [0.15, 0.2) is 5.76 Å². The average molecular weight is 289 g/mol. The van der Waals surface area contributed by atoms with Gasteiger partial charge in [-0.25, -0.2) is 9.67 Å². The highest BCUT2D eigenvalue weighted by Gasteiger charge is 2.22. The topological polar surface area (TPSA) is 60.0 Å². The molecule has 0 aromatic carbocycles. The van der Waals surface area contributed by atoms with E-state index in [0.29, 0.717) is 5.92 Å². The van der Waals surface area contributed by atoms with Gasteiger partial charge in [-0.2, -0.15) is 5.10 Å². The molecule has 1 fully saturated rings. The molecule has 114 valence electrons. The number of piperidine rings is 1. The third kappa shape index (κ3) is 3.50. The monoisotopic (exact) mass is 289 g/mol. The van der Waals surface area contributed by atoms with E-state index in [0.717, 1.165) is 49.3 Å². The number of aryl methyl sites for hydroxylation is 3. The maximum atomic E-state index is 5.32. The second-order valence-electron chi connectivity index (χ2n) is 6.07. The predicted octanol–water partition coefficient (Wildman–Crippen LogP) is 2.10. The lowest BCUT2D eigenvalue weighted by Gasteiger charge is -2.32. The van der Waals surface area contributed by atoms with E-state index in [4.69, 9.17) is 4.52 Å². The lowest BCUT2D eigenvalue weighted by molar-refractivity contribution is 0.140. The molecule has 6 heteroatoms. The standard InChI is InChI=1S/C15H23N5O/c1-11-7-15(21-18-11)10-19-6-4-5-14(8-19)9-20-13(3)16-12(2)17-20/h7,14H,4-6,8-10H2,1-3H3/t14-/m1/s1. The van der Waals surface area contributed by atoms with Gasteiger partial charge in [0, 0.05) is 19.2 Å². The summed E-state index contributed by atoms with van der Waals surface area (Å²) in [4.78, 5) is 6.83. The molecule has 0 bridgehead atoms. The minimum absolute atomic E-state index is 0.627. The fourth-order valence-electron chi connectivity index (χ4n) is 3.13. The fraction of sp³-hybridized carbons (Fsp3) is 0.667. The molecule has 1 aliphatic rings. The zero-order valence-corrected chi connectivity index (χ0v) is 13.0. The van der Waals surface area contributed by atoms with E-state index in [1.54, 1.807) is 0 Å². The molecule has 0 N–H and O–H groups in total. The Labute approximate surface area is 125 Å². The van der Waals surface area contributed by atoms with Crippen molar-refractivity contribution in [2.24, 2.45) is 5.92 Å². The molecule has 3 rings (SSSR count). The summed E-state index contributed by atoms with van der Waals surface area (Å²) < 4.78 is 7.37. The Morgan fingerprint density at radius 1 is 1.33 bits per heavy atom. The maximum absolute atomic E-state index is 5.32. The van der Waals surface area contributed by atoms with Crippen LogP contribution in [0, 0.1) is 26.7 Å². The van der Waals surface area contributed by atoms with Gasteiger partial charge in [-0.05, 0) is 46.1 Å². The first kappa shape index (κ1) is 14.3. The Bertz CT molecular complexity index is 603. The normalized spacial score (nSPS) is 20.0. The molecule has 0 saturated carbocycles. The average Bonchev–Trinajstić information content (AvgIpc) is 2.96. The fourth-order valence-corrected chi connectivity index (χ4v) is 3.13. The van der Waals surface area contributed by atoms with Crippen LogP contribution >= 0.6 is 0 Å². The molecule has 0 aliphatic carbocycles. The molecule has 0 radical (unpaired) electrons. The van der Waals surface area contributed by atoms with Crippen molar-refractivity contribution in [2.45, 2.75) is 46.7 Å². The van der Waals surface area contributed by atoms with Crippen molar-refractivity contribution in [1.82, 2.24) is 24.8 Å². The van der Waals surface area contributed by atoms with E-state index in [-0.39, 0.29) is 0 Å². The van der Waals surface area contributed by atoms with Crippen LogP contribution in [0.3, 0.4) is 0 Å². The number of likely N-dealkylation sites (tertiary alicyclic amines) is 1. The quantitative estimate of drug-likeness (QED) is 0.862. The Morgan fingerprint density at radius 3 is 2.86 bits per heavy atom. The van der Waals surface area contributed by atoms with Crippen molar-refractivity contribution < 1.29 is 4.52 Å². The van der Waals surface area contributed by atoms with Gasteiger partial charge in [0.25, 0.3) is 0 Å². The van der Waals surface area contributed by atoms with E-state index in [1.807, 2.05) is 31.5 Å². The summed E-state index contributed by atoms with van der Waals surface area (Å²) in [7, 11) is 0. The number of hydrogen-bond acceptors (Lipinski definition) is 5. The van der Waals surface area contributed by atoms with Gasteiger partial charge in [-0.3, -0.25) is 4.90 Å². The highest BCUT2D eigenvalue weighted by atomic mass is 16.5. The van der Waals surface area contributed by atoms with Gasteiger partial charge >= 0.3 is 0 Å². The molecule has 21 heavy (non-hydrogen) atoms. The summed E-state index contributed by atoms with van der Waals surface area (Å²) >= 11 is 0. The molecular weight excluding hydrogens is 266 g/mol. The van der Waals surface area contributed by atoms with Crippen LogP contribution in [0.15, 0.2) is 10.6 Å². The molecule has 0 spiro atoms. The number of aromatic nitrogens is 4. The highest BCUT2D eigenvalue weighted by Crippen LogP contribution is 2.20. The molecular formula is C15H23N5O. The van der Waals surface area contributed by atoms with Gasteiger partial charge in [-0.1, -0.05) is 5.16 Å². The molecule has 1 saturated heterocycles. The lowest BCUT2D eigenvalue weighted by Crippen LogP contribution is -2.36. The predicted molar refractivity (Wildman–Crippen MR) is 78.7 cm³/mol. The number of rotatable bonds is 4. The van der Waals surface area contributed by atoms with E-state index in [1.165, 1.54) is 12.8 Å². The molecule has 2 aromatic rings. The zero-order valence-electron chi connectivity index (χ0n) is 13.0. The lowest BCUT2D eigenvalue weighted by atomic mass is 9.98. The van der Waals surface area contributed by atoms with Crippen molar-refractivity contribution in [1.29, 1.82) is 0 Å². The Morgan fingerprint density at radius 2 is 2.19 bits per heavy atom. The maximum Gasteiger partial charge on any atom is 0.150 e. The summed E-state index contributed by atoms with van der Waals surface area (Å²) in [5.41, 5.74) is 0.951. The summed E-state index contributed by atoms with van der Waals surface area (Å²) in [6, 6.07) is 2.02. The summed E-state index contributed by atoms with van der Waals surface area (Å²) in [6.07, 6.45) is 2.48. The Kier molecular flexibility index (Phi) is 4.05. The molecule has 2 aromatic heterocycles. The first-order chi connectivity index (χ1) is 10.1. The van der Waals surface area contributed by atoms with Crippen LogP contribution in [0.4, 0.5) is 0 Å². The van der Waals surface area contributed by atoms with Gasteiger partial charge in [0.05, 0.1) is 12.2 Å². The third-order valence-electron chi connectivity index (χ3n) is 4.05. The second-order valence-corrected chi connectivity index (χ2v) is 6.07. The molecule has 6 nitrogen and oxygen atoms in total. The Balaban J connectivity index is 1.59. The van der Waals surface area contributed by atoms with Crippen molar-refractivity contribution in [3.05, 3.63) is 29.2 Å². The molecule has 0 unspecified atom stereocenters. The van der Waals surface area contributed by atoms with E-state index >= 15 is 0 Å². The van der Waals surface area contributed by atoms with Crippen molar-refractivity contribution >= 4 is 0 Å². The van der Waals surface area contributed by atoms with E-state index in [9.17, 15) is 0 Å². The molecule has 1 atom stereocenters. The smallest absolute Gasteiger partial charge is 0.150 e. The van der Waals surface area contributed by atoms with Gasteiger partial charge < -0.3 is 4.52 Å². The molecule has 1 aliphatic heterocycles. The first-order valence-corrected chi connectivity index (χ1v) is 7.63. The summed E-state index contributed by atoms with van der Waals surface area (Å²) in [6.45, 7) is 9.96. The van der Waals surface area contributed by atoms with Crippen LogP contribution < -0.4 is 0 Å². The molecule has 3 heterocycles. The largest absolute Gasteiger partial charge is 0.360 e. The molecule has 0 amide bonds. The van der Waals surface area contributed by atoms with Gasteiger partial charge in [0.2, 0.25) is 0 Å². The van der Waals surface area contributed by atoms with Crippen LogP contribution in [-0.4, -0.2) is 37.9 Å². The second kappa shape index (κ2) is 5.97. The Hall–Kier alpha value is -1.69. The minimum atomic E-state index is 0.627. The van der Waals surface area contributed by atoms with Crippen LogP contribution in [-0.2, 0) is 13.1 Å². The summed E-state index contributed by atoms with van der Waals surface area (Å²) in [5.74, 6) is 3.45. The van der Waals surface area contributed by atoms with Crippen molar-refractivity contribution in [3.8, 4) is 0 Å². The van der Waals surface area contributed by atoms with Crippen LogP contribution in [0.1, 0.15) is 35.9 Å². The van der Waals surface area contributed by atoms with E-state index < -0.39 is 0 Å². The van der Waals surface area contributed by atoms with Crippen molar-refractivity contribution in [3.63, 3.8) is 0 Å². The van der Waals surface area contributed by atoms with E-state index in [2.05, 4.69) is 20.1 Å². The van der Waals surface area contributed by atoms with Crippen molar-refractivity contribution in [2.75, 3.05) is 13.1 Å². The van der Waals surface area contributed by atoms with Crippen LogP contribution in [0.2, 0.25) is 0 Å². The highest BCUT2D eigenvalue weighted by molar-refractivity contribution is 5.03. The minimum Gasteiger partial charge on any atom is -0.360 e. The first-order valence-electron chi connectivity index (χ1n) is 7.63. The zero-order chi connectivity index (χ0) is 14.8. The summed E-state index contributed by atoms with van der Waals surface area (Å²) in [5, 5.41) is 8.43. The number of hydrogen-bond donors (Lipinski definition) is 0. The van der Waals surface area contributed by atoms with Crippen LogP contribution in [0.5, 0.6) is 0 Å².